The van der Waals surface area contributed by atoms with E-state index in [1.54, 1.807) is 12.1 Å². The number of aliphatic carboxylic acids is 1. The summed E-state index contributed by atoms with van der Waals surface area (Å²) < 4.78 is 0. The Morgan fingerprint density at radius 1 is 1.43 bits per heavy atom. The van der Waals surface area contributed by atoms with Crippen molar-refractivity contribution in [1.82, 2.24) is 9.97 Å². The van der Waals surface area contributed by atoms with Gasteiger partial charge in [-0.05, 0) is 12.1 Å². The summed E-state index contributed by atoms with van der Waals surface area (Å²) in [5.74, 6) is -2.79. The largest absolute Gasteiger partial charge is 0.541 e. The molecule has 0 spiro atoms. The molecule has 0 saturated carbocycles. The second kappa shape index (κ2) is 2.95. The van der Waals surface area contributed by atoms with E-state index in [0.717, 1.165) is 0 Å². The molecule has 5 nitrogen and oxygen atoms in total. The number of nitrogens with one attached hydrogen (secondary N) is 1. The van der Waals surface area contributed by atoms with Gasteiger partial charge >= 0.3 is 0 Å². The van der Waals surface area contributed by atoms with Gasteiger partial charge in [-0.15, -0.1) is 0 Å². The molecule has 0 aliphatic rings. The summed E-state index contributed by atoms with van der Waals surface area (Å²) in [6.07, 6.45) is 2.80. The van der Waals surface area contributed by atoms with E-state index in [-0.39, 0.29) is 5.56 Å². The molecule has 0 atom stereocenters. The summed E-state index contributed by atoms with van der Waals surface area (Å²) in [5, 5.41) is 10.3. The van der Waals surface area contributed by atoms with Crippen molar-refractivity contribution in [1.29, 1.82) is 0 Å². The van der Waals surface area contributed by atoms with Gasteiger partial charge in [-0.25, -0.2) is 0 Å². The molecule has 2 aromatic heterocycles. The lowest BCUT2D eigenvalue weighted by Crippen LogP contribution is -2.31. The third-order valence-corrected chi connectivity index (χ3v) is 1.86. The van der Waals surface area contributed by atoms with E-state index in [4.69, 9.17) is 0 Å². The molecule has 0 bridgehead atoms. The van der Waals surface area contributed by atoms with Crippen LogP contribution in [0.3, 0.4) is 0 Å². The molecule has 1 N–H and O–H groups in total. The number of pyridine rings is 1. The standard InChI is InChI=1S/C9H6N2O3/c12-8(9(13)14)5-4-11-6-2-1-3-10-7(5)6/h1-4,11H,(H,13,14)/p-1. The zero-order valence-corrected chi connectivity index (χ0v) is 6.98. The van der Waals surface area contributed by atoms with Crippen molar-refractivity contribution in [2.45, 2.75) is 0 Å². The SMILES string of the molecule is O=C([O-])C(=O)c1c[nH]c2cccnc12. The molecule has 2 aromatic rings. The zero-order chi connectivity index (χ0) is 10.1. The average molecular weight is 189 g/mol. The van der Waals surface area contributed by atoms with Crippen molar-refractivity contribution in [3.05, 3.63) is 30.1 Å². The molecule has 2 rings (SSSR count). The highest BCUT2D eigenvalue weighted by atomic mass is 16.4. The van der Waals surface area contributed by atoms with E-state index >= 15 is 0 Å². The summed E-state index contributed by atoms with van der Waals surface area (Å²) in [6, 6.07) is 3.39. The van der Waals surface area contributed by atoms with Gasteiger partial charge in [0.15, 0.2) is 0 Å². The molecule has 0 saturated heterocycles. The lowest BCUT2D eigenvalue weighted by molar-refractivity contribution is -0.296. The van der Waals surface area contributed by atoms with Crippen LogP contribution in [-0.2, 0) is 4.79 Å². The fourth-order valence-corrected chi connectivity index (χ4v) is 1.24. The molecule has 14 heavy (non-hydrogen) atoms. The van der Waals surface area contributed by atoms with E-state index in [2.05, 4.69) is 9.97 Å². The van der Waals surface area contributed by atoms with E-state index in [1.807, 2.05) is 0 Å². The third kappa shape index (κ3) is 1.15. The molecule has 2 heterocycles. The highest BCUT2D eigenvalue weighted by Crippen LogP contribution is 2.14. The molecule has 0 radical (unpaired) electrons. The Morgan fingerprint density at radius 2 is 2.21 bits per heavy atom. The van der Waals surface area contributed by atoms with Crippen molar-refractivity contribution in [3.8, 4) is 0 Å². The predicted octanol–water partition coefficient (Wildman–Crippen LogP) is -0.505. The van der Waals surface area contributed by atoms with Gasteiger partial charge in [0.05, 0.1) is 16.6 Å². The summed E-state index contributed by atoms with van der Waals surface area (Å²) in [4.78, 5) is 28.1. The number of carbonyl (C=O) groups is 2. The first-order valence-corrected chi connectivity index (χ1v) is 3.88. The number of carbonyl (C=O) groups excluding carboxylic acids is 2. The maximum absolute atomic E-state index is 11.1. The van der Waals surface area contributed by atoms with Gasteiger partial charge in [0.1, 0.15) is 5.97 Å². The number of hydrogen-bond acceptors (Lipinski definition) is 4. The average Bonchev–Trinajstić information content (AvgIpc) is 2.60. The summed E-state index contributed by atoms with van der Waals surface area (Å²) >= 11 is 0. The fraction of sp³-hybridized carbons (Fsp3) is 0. The van der Waals surface area contributed by atoms with Gasteiger partial charge in [-0.1, -0.05) is 0 Å². The summed E-state index contributed by atoms with van der Waals surface area (Å²) in [6.45, 7) is 0. The monoisotopic (exact) mass is 189 g/mol. The number of ketones is 1. The van der Waals surface area contributed by atoms with Gasteiger partial charge < -0.3 is 14.9 Å². The van der Waals surface area contributed by atoms with Crippen LogP contribution in [-0.4, -0.2) is 21.7 Å². The maximum atomic E-state index is 11.1. The van der Waals surface area contributed by atoms with Crippen LogP contribution in [0.15, 0.2) is 24.5 Å². The number of nitrogens with zero attached hydrogens (tertiary/aromatic N) is 1. The quantitative estimate of drug-likeness (QED) is 0.509. The molecule has 0 fully saturated rings. The van der Waals surface area contributed by atoms with Crippen LogP contribution in [0.2, 0.25) is 0 Å². The Kier molecular flexibility index (Phi) is 1.78. The van der Waals surface area contributed by atoms with Crippen molar-refractivity contribution >= 4 is 22.8 Å². The minimum Gasteiger partial charge on any atom is -0.541 e. The van der Waals surface area contributed by atoms with Crippen LogP contribution < -0.4 is 5.11 Å². The number of aromatic amines is 1. The number of carboxylic acid groups (broad SMARTS) is 1. The number of rotatable bonds is 2. The van der Waals surface area contributed by atoms with Crippen LogP contribution in [0.4, 0.5) is 0 Å². The lowest BCUT2D eigenvalue weighted by Gasteiger charge is -1.97. The first kappa shape index (κ1) is 8.43. The first-order chi connectivity index (χ1) is 6.70. The van der Waals surface area contributed by atoms with Gasteiger partial charge in [-0.3, -0.25) is 9.78 Å². The topological polar surface area (TPSA) is 85.9 Å². The van der Waals surface area contributed by atoms with Crippen molar-refractivity contribution in [2.75, 3.05) is 0 Å². The molecule has 0 aliphatic carbocycles. The Balaban J connectivity index is 2.64. The van der Waals surface area contributed by atoms with Crippen LogP contribution in [0.25, 0.3) is 11.0 Å². The Labute approximate surface area is 78.4 Å². The number of H-pyrrole nitrogens is 1. The number of aromatic nitrogens is 2. The second-order valence-electron chi connectivity index (χ2n) is 2.72. The van der Waals surface area contributed by atoms with E-state index in [9.17, 15) is 14.7 Å². The van der Waals surface area contributed by atoms with E-state index in [0.29, 0.717) is 11.0 Å². The summed E-state index contributed by atoms with van der Waals surface area (Å²) in [7, 11) is 0. The highest BCUT2D eigenvalue weighted by Gasteiger charge is 2.12. The van der Waals surface area contributed by atoms with Crippen LogP contribution >= 0.6 is 0 Å². The second-order valence-corrected chi connectivity index (χ2v) is 2.72. The number of fused-ring (bicyclic) bond motifs is 1. The predicted molar refractivity (Wildman–Crippen MR) is 45.4 cm³/mol. The Bertz CT molecular complexity index is 516. The third-order valence-electron chi connectivity index (χ3n) is 1.86. The minimum absolute atomic E-state index is 0.0283. The van der Waals surface area contributed by atoms with Crippen molar-refractivity contribution < 1.29 is 14.7 Å². The van der Waals surface area contributed by atoms with Crippen molar-refractivity contribution in [3.63, 3.8) is 0 Å². The minimum atomic E-state index is -1.73. The Morgan fingerprint density at radius 3 is 2.93 bits per heavy atom. The molecule has 5 heteroatoms. The fourth-order valence-electron chi connectivity index (χ4n) is 1.24. The van der Waals surface area contributed by atoms with Gasteiger partial charge in [0.2, 0.25) is 5.78 Å². The molecule has 0 amide bonds. The normalized spacial score (nSPS) is 10.3. The van der Waals surface area contributed by atoms with Gasteiger partial charge in [0.25, 0.3) is 0 Å². The van der Waals surface area contributed by atoms with E-state index in [1.165, 1.54) is 12.4 Å². The molecular formula is C9H5N2O3-. The number of Topliss-reactive ketones (excluding diaryl/α,β-unsaturated/α-hetero) is 1. The molecular weight excluding hydrogens is 184 g/mol. The molecule has 70 valence electrons. The van der Waals surface area contributed by atoms with Crippen LogP contribution in [0.5, 0.6) is 0 Å². The smallest absolute Gasteiger partial charge is 0.212 e. The highest BCUT2D eigenvalue weighted by molar-refractivity contribution is 6.41. The van der Waals surface area contributed by atoms with Crippen molar-refractivity contribution in [2.24, 2.45) is 0 Å². The molecule has 0 aromatic carbocycles. The van der Waals surface area contributed by atoms with Crippen LogP contribution in [0, 0.1) is 0 Å². The van der Waals surface area contributed by atoms with Crippen LogP contribution in [0.1, 0.15) is 10.4 Å². The van der Waals surface area contributed by atoms with E-state index < -0.39 is 11.8 Å². The van der Waals surface area contributed by atoms with Gasteiger partial charge in [-0.2, -0.15) is 0 Å². The molecule has 0 unspecified atom stereocenters. The number of hydrogen-bond donors (Lipinski definition) is 1. The Hall–Kier alpha value is -2.17. The molecule has 0 aliphatic heterocycles. The summed E-state index contributed by atoms with van der Waals surface area (Å²) in [5.41, 5.74) is 0.999. The number of carboxylic acids is 1. The lowest BCUT2D eigenvalue weighted by atomic mass is 10.2. The van der Waals surface area contributed by atoms with Gasteiger partial charge in [0, 0.05) is 12.4 Å². The maximum Gasteiger partial charge on any atom is 0.212 e. The zero-order valence-electron chi connectivity index (χ0n) is 6.98. The first-order valence-electron chi connectivity index (χ1n) is 3.88.